The first-order chi connectivity index (χ1) is 8.31. The number of allylic oxidation sites excluding steroid dienone is 3. The number of aryl methyl sites for hydroxylation is 1. The van der Waals surface area contributed by atoms with Gasteiger partial charge in [-0.2, -0.15) is 0 Å². The molecular weight excluding hydrogens is 212 g/mol. The van der Waals surface area contributed by atoms with Gasteiger partial charge >= 0.3 is 5.97 Å². The first-order valence-electron chi connectivity index (χ1n) is 5.84. The number of rotatable bonds is 2. The SMILES string of the molecule is COC(=O)/C=C/C=C1\CCCc2ccccc21. The molecule has 1 aromatic rings. The van der Waals surface area contributed by atoms with E-state index in [1.807, 2.05) is 6.08 Å². The molecule has 2 rings (SSSR count). The van der Waals surface area contributed by atoms with Gasteiger partial charge < -0.3 is 4.74 Å². The van der Waals surface area contributed by atoms with Crippen LogP contribution in [0.2, 0.25) is 0 Å². The highest BCUT2D eigenvalue weighted by molar-refractivity contribution is 5.83. The lowest BCUT2D eigenvalue weighted by molar-refractivity contribution is -0.134. The number of carbonyl (C=O) groups excluding carboxylic acids is 1. The van der Waals surface area contributed by atoms with Crippen molar-refractivity contribution in [2.75, 3.05) is 7.11 Å². The van der Waals surface area contributed by atoms with E-state index in [1.54, 1.807) is 6.08 Å². The zero-order valence-electron chi connectivity index (χ0n) is 9.98. The van der Waals surface area contributed by atoms with Crippen molar-refractivity contribution in [3.63, 3.8) is 0 Å². The molecule has 0 aromatic heterocycles. The van der Waals surface area contributed by atoms with Gasteiger partial charge in [0.15, 0.2) is 0 Å². The van der Waals surface area contributed by atoms with Crippen LogP contribution in [0.3, 0.4) is 0 Å². The highest BCUT2D eigenvalue weighted by atomic mass is 16.5. The van der Waals surface area contributed by atoms with Crippen molar-refractivity contribution in [3.8, 4) is 0 Å². The second kappa shape index (κ2) is 5.48. The van der Waals surface area contributed by atoms with Gasteiger partial charge in [0, 0.05) is 6.08 Å². The van der Waals surface area contributed by atoms with E-state index in [4.69, 9.17) is 0 Å². The summed E-state index contributed by atoms with van der Waals surface area (Å²) in [6.07, 6.45) is 8.62. The Hall–Kier alpha value is -1.83. The minimum Gasteiger partial charge on any atom is -0.466 e. The summed E-state index contributed by atoms with van der Waals surface area (Å²) in [5.74, 6) is -0.314. The van der Waals surface area contributed by atoms with E-state index in [1.165, 1.54) is 36.3 Å². The molecule has 0 amide bonds. The zero-order chi connectivity index (χ0) is 12.1. The van der Waals surface area contributed by atoms with Crippen molar-refractivity contribution in [1.82, 2.24) is 0 Å². The third kappa shape index (κ3) is 2.84. The van der Waals surface area contributed by atoms with Crippen molar-refractivity contribution in [3.05, 3.63) is 53.6 Å². The predicted octanol–water partition coefficient (Wildman–Crippen LogP) is 3.14. The number of hydrogen-bond donors (Lipinski definition) is 0. The van der Waals surface area contributed by atoms with Crippen LogP contribution in [0.4, 0.5) is 0 Å². The van der Waals surface area contributed by atoms with E-state index in [2.05, 4.69) is 29.0 Å². The van der Waals surface area contributed by atoms with Crippen molar-refractivity contribution >= 4 is 11.5 Å². The minimum atomic E-state index is -0.314. The summed E-state index contributed by atoms with van der Waals surface area (Å²) in [6, 6.07) is 8.45. The third-order valence-corrected chi connectivity index (χ3v) is 2.99. The number of benzene rings is 1. The van der Waals surface area contributed by atoms with E-state index in [9.17, 15) is 4.79 Å². The van der Waals surface area contributed by atoms with Crippen LogP contribution in [0, 0.1) is 0 Å². The van der Waals surface area contributed by atoms with Gasteiger partial charge in [-0.1, -0.05) is 36.4 Å². The van der Waals surface area contributed by atoms with Gasteiger partial charge in [-0.25, -0.2) is 4.79 Å². The normalized spacial score (nSPS) is 17.1. The summed E-state index contributed by atoms with van der Waals surface area (Å²) in [6.45, 7) is 0. The third-order valence-electron chi connectivity index (χ3n) is 2.99. The van der Waals surface area contributed by atoms with E-state index < -0.39 is 0 Å². The molecular formula is C15H16O2. The maximum Gasteiger partial charge on any atom is 0.330 e. The number of methoxy groups -OCH3 is 1. The Morgan fingerprint density at radius 2 is 2.12 bits per heavy atom. The molecule has 2 nitrogen and oxygen atoms in total. The summed E-state index contributed by atoms with van der Waals surface area (Å²) in [5, 5.41) is 0. The van der Waals surface area contributed by atoms with Gasteiger partial charge in [-0.3, -0.25) is 0 Å². The molecule has 0 N–H and O–H groups in total. The van der Waals surface area contributed by atoms with E-state index in [0.29, 0.717) is 0 Å². The quantitative estimate of drug-likeness (QED) is 0.574. The van der Waals surface area contributed by atoms with Gasteiger partial charge in [-0.05, 0) is 36.0 Å². The van der Waals surface area contributed by atoms with Crippen LogP contribution >= 0.6 is 0 Å². The lowest BCUT2D eigenvalue weighted by Crippen LogP contribution is -2.01. The van der Waals surface area contributed by atoms with Crippen LogP contribution < -0.4 is 0 Å². The molecule has 0 saturated heterocycles. The summed E-state index contributed by atoms with van der Waals surface area (Å²) < 4.78 is 4.55. The molecule has 0 heterocycles. The molecule has 0 aliphatic heterocycles. The maximum absolute atomic E-state index is 11.0. The summed E-state index contributed by atoms with van der Waals surface area (Å²) in [4.78, 5) is 11.0. The second-order valence-corrected chi connectivity index (χ2v) is 4.08. The second-order valence-electron chi connectivity index (χ2n) is 4.08. The molecule has 0 saturated carbocycles. The number of hydrogen-bond acceptors (Lipinski definition) is 2. The molecule has 1 aliphatic rings. The highest BCUT2D eigenvalue weighted by Gasteiger charge is 2.11. The molecule has 1 aliphatic carbocycles. The van der Waals surface area contributed by atoms with E-state index >= 15 is 0 Å². The van der Waals surface area contributed by atoms with Crippen molar-refractivity contribution in [2.45, 2.75) is 19.3 Å². The molecule has 0 radical (unpaired) electrons. The topological polar surface area (TPSA) is 26.3 Å². The monoisotopic (exact) mass is 228 g/mol. The Labute approximate surface area is 102 Å². The van der Waals surface area contributed by atoms with Gasteiger partial charge in [0.05, 0.1) is 7.11 Å². The number of carbonyl (C=O) groups is 1. The fourth-order valence-corrected chi connectivity index (χ4v) is 2.14. The largest absolute Gasteiger partial charge is 0.466 e. The molecule has 0 bridgehead atoms. The maximum atomic E-state index is 11.0. The Kier molecular flexibility index (Phi) is 3.76. The van der Waals surface area contributed by atoms with Crippen LogP contribution in [-0.2, 0) is 16.0 Å². The first-order valence-corrected chi connectivity index (χ1v) is 5.84. The molecule has 88 valence electrons. The Morgan fingerprint density at radius 3 is 2.94 bits per heavy atom. The van der Waals surface area contributed by atoms with Crippen LogP contribution in [0.5, 0.6) is 0 Å². The van der Waals surface area contributed by atoms with Crippen LogP contribution in [-0.4, -0.2) is 13.1 Å². The minimum absolute atomic E-state index is 0.314. The van der Waals surface area contributed by atoms with Gasteiger partial charge in [0.25, 0.3) is 0 Å². The summed E-state index contributed by atoms with van der Waals surface area (Å²) in [5.41, 5.74) is 4.01. The fourth-order valence-electron chi connectivity index (χ4n) is 2.14. The number of ether oxygens (including phenoxy) is 1. The molecule has 0 fully saturated rings. The fraction of sp³-hybridized carbons (Fsp3) is 0.267. The lowest BCUT2D eigenvalue weighted by atomic mass is 9.87. The summed E-state index contributed by atoms with van der Waals surface area (Å²) >= 11 is 0. The smallest absolute Gasteiger partial charge is 0.330 e. The van der Waals surface area contributed by atoms with E-state index in [0.717, 1.165) is 12.8 Å². The van der Waals surface area contributed by atoms with E-state index in [-0.39, 0.29) is 5.97 Å². The lowest BCUT2D eigenvalue weighted by Gasteiger charge is -2.18. The average molecular weight is 228 g/mol. The highest BCUT2D eigenvalue weighted by Crippen LogP contribution is 2.30. The van der Waals surface area contributed by atoms with Crippen molar-refractivity contribution in [1.29, 1.82) is 0 Å². The average Bonchev–Trinajstić information content (AvgIpc) is 2.39. The standard InChI is InChI=1S/C15H16O2/c1-17-15(16)11-5-9-13-8-4-7-12-6-2-3-10-14(12)13/h2-3,5-6,9-11H,4,7-8H2,1H3/b11-5+,13-9+. The molecule has 17 heavy (non-hydrogen) atoms. The van der Waals surface area contributed by atoms with Crippen molar-refractivity contribution in [2.24, 2.45) is 0 Å². The molecule has 0 unspecified atom stereocenters. The van der Waals surface area contributed by atoms with Crippen LogP contribution in [0.1, 0.15) is 24.0 Å². The number of fused-ring (bicyclic) bond motifs is 1. The van der Waals surface area contributed by atoms with Gasteiger partial charge in [-0.15, -0.1) is 0 Å². The van der Waals surface area contributed by atoms with Crippen LogP contribution in [0.25, 0.3) is 5.57 Å². The molecule has 2 heteroatoms. The zero-order valence-corrected chi connectivity index (χ0v) is 9.98. The Morgan fingerprint density at radius 1 is 1.29 bits per heavy atom. The Bertz CT molecular complexity index is 470. The molecule has 0 spiro atoms. The number of esters is 1. The predicted molar refractivity (Wildman–Crippen MR) is 68.5 cm³/mol. The first kappa shape index (κ1) is 11.6. The molecule has 1 aromatic carbocycles. The summed E-state index contributed by atoms with van der Waals surface area (Å²) in [7, 11) is 1.38. The van der Waals surface area contributed by atoms with Gasteiger partial charge in [0.1, 0.15) is 0 Å². The van der Waals surface area contributed by atoms with Crippen molar-refractivity contribution < 1.29 is 9.53 Å². The molecule has 0 atom stereocenters. The van der Waals surface area contributed by atoms with Crippen LogP contribution in [0.15, 0.2) is 42.5 Å². The van der Waals surface area contributed by atoms with Gasteiger partial charge in [0.2, 0.25) is 0 Å². The Balaban J connectivity index is 2.21.